The Kier molecular flexibility index (Phi) is 4.93. The minimum Gasteiger partial charge on any atom is -0.349 e. The molecule has 3 rings (SSSR count). The minimum atomic E-state index is -4.35. The summed E-state index contributed by atoms with van der Waals surface area (Å²) in [6.45, 7) is 1.36. The highest BCUT2D eigenvalue weighted by molar-refractivity contribution is 7.14. The number of thiophene rings is 1. The lowest BCUT2D eigenvalue weighted by molar-refractivity contribution is -0.183. The van der Waals surface area contributed by atoms with Crippen LogP contribution in [0.2, 0.25) is 0 Å². The molecule has 23 heavy (non-hydrogen) atoms. The van der Waals surface area contributed by atoms with Crippen LogP contribution in [0, 0.1) is 0 Å². The third-order valence-corrected chi connectivity index (χ3v) is 5.63. The monoisotopic (exact) mass is 347 g/mol. The molecule has 8 heteroatoms. The van der Waals surface area contributed by atoms with Crippen molar-refractivity contribution in [3.8, 4) is 0 Å². The lowest BCUT2D eigenvalue weighted by atomic mass is 10.2. The zero-order valence-corrected chi connectivity index (χ0v) is 13.5. The van der Waals surface area contributed by atoms with Crippen LogP contribution in [0.25, 0.3) is 0 Å². The molecule has 128 valence electrons. The first-order chi connectivity index (χ1) is 10.9. The molecule has 0 spiro atoms. The number of nitrogens with one attached hydrogen (secondary N) is 2. The fourth-order valence-corrected chi connectivity index (χ4v) is 4.33. The van der Waals surface area contributed by atoms with Crippen LogP contribution in [0.5, 0.6) is 0 Å². The van der Waals surface area contributed by atoms with Gasteiger partial charge in [0.2, 0.25) is 0 Å². The predicted molar refractivity (Wildman–Crippen MR) is 83.0 cm³/mol. The molecule has 0 saturated carbocycles. The Hall–Kier alpha value is -1.12. The molecule has 2 N–H and O–H groups in total. The van der Waals surface area contributed by atoms with Crippen molar-refractivity contribution < 1.29 is 18.0 Å². The largest absolute Gasteiger partial charge is 0.405 e. The predicted octanol–water partition coefficient (Wildman–Crippen LogP) is 1.80. The average Bonchev–Trinajstić information content (AvgIpc) is 3.08. The average molecular weight is 347 g/mol. The van der Waals surface area contributed by atoms with Gasteiger partial charge in [-0.2, -0.15) is 13.2 Å². The van der Waals surface area contributed by atoms with Crippen LogP contribution in [0.15, 0.2) is 6.07 Å². The second-order valence-electron chi connectivity index (χ2n) is 5.97. The molecule has 4 nitrogen and oxygen atoms in total. The quantitative estimate of drug-likeness (QED) is 0.873. The second kappa shape index (κ2) is 6.78. The van der Waals surface area contributed by atoms with Crippen molar-refractivity contribution in [1.29, 1.82) is 0 Å². The third kappa shape index (κ3) is 3.87. The summed E-state index contributed by atoms with van der Waals surface area (Å²) in [5.74, 6) is -0.395. The Labute approximate surface area is 137 Å². The number of piperazine rings is 1. The number of fused-ring (bicyclic) bond motifs is 1. The van der Waals surface area contributed by atoms with Crippen LogP contribution >= 0.6 is 11.3 Å². The lowest BCUT2D eigenvalue weighted by Crippen LogP contribution is -2.57. The molecule has 1 aromatic rings. The first-order valence-electron chi connectivity index (χ1n) is 7.86. The maximum absolute atomic E-state index is 13.3. The highest BCUT2D eigenvalue weighted by atomic mass is 32.1. The fourth-order valence-electron chi connectivity index (χ4n) is 3.16. The molecule has 1 aromatic heterocycles. The SMILES string of the molecule is O=C(NCC(N1CCNCC1)C(F)(F)F)c1cc2c(s1)CCC2. The van der Waals surface area contributed by atoms with Gasteiger partial charge in [-0.1, -0.05) is 0 Å². The molecule has 0 aromatic carbocycles. The topological polar surface area (TPSA) is 44.4 Å². The third-order valence-electron chi connectivity index (χ3n) is 4.40. The van der Waals surface area contributed by atoms with E-state index in [1.54, 1.807) is 0 Å². The van der Waals surface area contributed by atoms with Crippen molar-refractivity contribution in [2.45, 2.75) is 31.5 Å². The van der Waals surface area contributed by atoms with E-state index in [0.29, 0.717) is 31.1 Å². The van der Waals surface area contributed by atoms with Crippen molar-refractivity contribution in [3.05, 3.63) is 21.4 Å². The van der Waals surface area contributed by atoms with E-state index in [1.165, 1.54) is 26.7 Å². The summed E-state index contributed by atoms with van der Waals surface area (Å²) in [4.78, 5) is 15.3. The number of rotatable bonds is 4. The molecule has 2 aliphatic rings. The van der Waals surface area contributed by atoms with Crippen LogP contribution in [0.1, 0.15) is 26.5 Å². The Morgan fingerprint density at radius 1 is 1.35 bits per heavy atom. The highest BCUT2D eigenvalue weighted by Gasteiger charge is 2.43. The summed E-state index contributed by atoms with van der Waals surface area (Å²) in [6, 6.07) is 0.204. The van der Waals surface area contributed by atoms with Gasteiger partial charge in [-0.15, -0.1) is 11.3 Å². The van der Waals surface area contributed by atoms with Gasteiger partial charge in [0.05, 0.1) is 4.88 Å². The van der Waals surface area contributed by atoms with Gasteiger partial charge in [0, 0.05) is 37.6 Å². The van der Waals surface area contributed by atoms with E-state index in [1.807, 2.05) is 6.07 Å². The van der Waals surface area contributed by atoms with Crippen molar-refractivity contribution in [3.63, 3.8) is 0 Å². The van der Waals surface area contributed by atoms with E-state index >= 15 is 0 Å². The smallest absolute Gasteiger partial charge is 0.349 e. The van der Waals surface area contributed by atoms with E-state index in [0.717, 1.165) is 19.3 Å². The maximum Gasteiger partial charge on any atom is 0.405 e. The second-order valence-corrected chi connectivity index (χ2v) is 7.10. The van der Waals surface area contributed by atoms with Crippen molar-refractivity contribution in [2.24, 2.45) is 0 Å². The summed E-state index contributed by atoms with van der Waals surface area (Å²) in [5, 5.41) is 5.52. The van der Waals surface area contributed by atoms with Gasteiger partial charge in [-0.3, -0.25) is 9.69 Å². The molecule has 1 fully saturated rings. The maximum atomic E-state index is 13.3. The molecule has 1 aliphatic carbocycles. The lowest BCUT2D eigenvalue weighted by Gasteiger charge is -2.35. The van der Waals surface area contributed by atoms with Crippen LogP contribution in [0.4, 0.5) is 13.2 Å². The van der Waals surface area contributed by atoms with Gasteiger partial charge < -0.3 is 10.6 Å². The summed E-state index contributed by atoms with van der Waals surface area (Å²) >= 11 is 1.41. The van der Waals surface area contributed by atoms with Crippen LogP contribution in [0.3, 0.4) is 0 Å². The summed E-state index contributed by atoms with van der Waals surface area (Å²) in [6.07, 6.45) is -1.31. The zero-order chi connectivity index (χ0) is 16.4. The number of aryl methyl sites for hydroxylation is 2. The molecule has 1 atom stereocenters. The number of hydrogen-bond donors (Lipinski definition) is 2. The number of nitrogens with zero attached hydrogens (tertiary/aromatic N) is 1. The summed E-state index contributed by atoms with van der Waals surface area (Å²) in [5.41, 5.74) is 1.18. The molecule has 1 unspecified atom stereocenters. The van der Waals surface area contributed by atoms with Crippen molar-refractivity contribution >= 4 is 17.2 Å². The van der Waals surface area contributed by atoms with Crippen molar-refractivity contribution in [1.82, 2.24) is 15.5 Å². The summed E-state index contributed by atoms with van der Waals surface area (Å²) < 4.78 is 39.8. The normalized spacial score (nSPS) is 20.3. The number of hydrogen-bond acceptors (Lipinski definition) is 4. The van der Waals surface area contributed by atoms with Gasteiger partial charge in [-0.05, 0) is 30.9 Å². The molecular formula is C15H20F3N3OS. The Bertz CT molecular complexity index is 545. The van der Waals surface area contributed by atoms with Crippen LogP contribution in [-0.4, -0.2) is 55.7 Å². The van der Waals surface area contributed by atoms with E-state index in [-0.39, 0.29) is 0 Å². The Morgan fingerprint density at radius 3 is 2.74 bits per heavy atom. The first kappa shape index (κ1) is 16.7. The van der Waals surface area contributed by atoms with Gasteiger partial charge in [0.25, 0.3) is 5.91 Å². The molecule has 0 bridgehead atoms. The highest BCUT2D eigenvalue weighted by Crippen LogP contribution is 2.30. The van der Waals surface area contributed by atoms with Gasteiger partial charge in [0.15, 0.2) is 0 Å². The van der Waals surface area contributed by atoms with Crippen LogP contribution in [-0.2, 0) is 12.8 Å². The van der Waals surface area contributed by atoms with E-state index < -0.39 is 24.7 Å². The van der Waals surface area contributed by atoms with Gasteiger partial charge >= 0.3 is 6.18 Å². The Morgan fingerprint density at radius 2 is 2.09 bits per heavy atom. The van der Waals surface area contributed by atoms with E-state index in [2.05, 4.69) is 10.6 Å². The molecular weight excluding hydrogens is 327 g/mol. The molecule has 2 heterocycles. The van der Waals surface area contributed by atoms with Crippen LogP contribution < -0.4 is 10.6 Å². The van der Waals surface area contributed by atoms with E-state index in [4.69, 9.17) is 0 Å². The zero-order valence-electron chi connectivity index (χ0n) is 12.7. The van der Waals surface area contributed by atoms with Gasteiger partial charge in [0.1, 0.15) is 6.04 Å². The summed E-state index contributed by atoms with van der Waals surface area (Å²) in [7, 11) is 0. The number of carbonyl (C=O) groups excluding carboxylic acids is 1. The van der Waals surface area contributed by atoms with Gasteiger partial charge in [-0.25, -0.2) is 0 Å². The standard InChI is InChI=1S/C15H20F3N3OS/c16-15(17,18)13(21-6-4-19-5-7-21)9-20-14(22)12-8-10-2-1-3-11(10)23-12/h8,13,19H,1-7,9H2,(H,20,22). The number of amides is 1. The minimum absolute atomic E-state index is 0.341. The molecule has 0 radical (unpaired) electrons. The number of halogens is 3. The fraction of sp³-hybridized carbons (Fsp3) is 0.667. The Balaban J connectivity index is 1.62. The van der Waals surface area contributed by atoms with E-state index in [9.17, 15) is 18.0 Å². The first-order valence-corrected chi connectivity index (χ1v) is 8.68. The number of alkyl halides is 3. The van der Waals surface area contributed by atoms with Crippen molar-refractivity contribution in [2.75, 3.05) is 32.7 Å². The number of carbonyl (C=O) groups is 1. The molecule has 1 amide bonds. The molecule has 1 saturated heterocycles. The molecule has 1 aliphatic heterocycles.